The van der Waals surface area contributed by atoms with Gasteiger partial charge in [0.2, 0.25) is 10.0 Å². The number of morpholine rings is 1. The molecule has 2 aliphatic heterocycles. The number of hydrogen-bond acceptors (Lipinski definition) is 6. The number of nitrogens with zero attached hydrogens (tertiary/aromatic N) is 2. The van der Waals surface area contributed by atoms with Gasteiger partial charge in [0, 0.05) is 25.2 Å². The molecule has 1 amide bonds. The summed E-state index contributed by atoms with van der Waals surface area (Å²) in [6, 6.07) is 8.42. The third kappa shape index (κ3) is 3.96. The first kappa shape index (κ1) is 22.6. The summed E-state index contributed by atoms with van der Waals surface area (Å²) in [6.07, 6.45) is 1.68. The summed E-state index contributed by atoms with van der Waals surface area (Å²) in [7, 11) is -0.832. The first-order chi connectivity index (χ1) is 15.4. The first-order valence-electron chi connectivity index (χ1n) is 10.6. The van der Waals surface area contributed by atoms with Gasteiger partial charge in [-0.15, -0.1) is 0 Å². The highest BCUT2D eigenvalue weighted by atomic mass is 32.2. The molecule has 172 valence electrons. The molecule has 0 unspecified atom stereocenters. The zero-order valence-electron chi connectivity index (χ0n) is 18.6. The Morgan fingerprint density at radius 3 is 2.38 bits per heavy atom. The van der Waals surface area contributed by atoms with Gasteiger partial charge in [-0.1, -0.05) is 6.07 Å². The molecule has 0 radical (unpaired) electrons. The molecular weight excluding hydrogens is 432 g/mol. The largest absolute Gasteiger partial charge is 0.495 e. The summed E-state index contributed by atoms with van der Waals surface area (Å²) in [5, 5.41) is 0. The number of methoxy groups -OCH3 is 2. The lowest BCUT2D eigenvalue weighted by Gasteiger charge is -2.32. The number of amides is 1. The Morgan fingerprint density at radius 1 is 1.00 bits per heavy atom. The van der Waals surface area contributed by atoms with E-state index in [1.807, 2.05) is 19.1 Å². The minimum Gasteiger partial charge on any atom is -0.495 e. The molecule has 1 saturated heterocycles. The van der Waals surface area contributed by atoms with Crippen molar-refractivity contribution in [2.75, 3.05) is 52.0 Å². The average Bonchev–Trinajstić information content (AvgIpc) is 2.83. The molecule has 0 atom stereocenters. The summed E-state index contributed by atoms with van der Waals surface area (Å²) in [5.74, 6) is 0.574. The van der Waals surface area contributed by atoms with Crippen LogP contribution in [-0.4, -0.2) is 65.7 Å². The van der Waals surface area contributed by atoms with Crippen molar-refractivity contribution in [2.24, 2.45) is 0 Å². The number of carbonyl (C=O) groups excluding carboxylic acids is 1. The van der Waals surface area contributed by atoms with Crippen LogP contribution in [0.2, 0.25) is 0 Å². The normalized spacial score (nSPS) is 17.0. The van der Waals surface area contributed by atoms with Gasteiger partial charge < -0.3 is 19.1 Å². The number of hydrogen-bond donors (Lipinski definition) is 0. The molecule has 0 spiro atoms. The number of ether oxygens (including phenoxy) is 3. The molecular formula is C23H28N2O6S. The van der Waals surface area contributed by atoms with Crippen molar-refractivity contribution in [1.82, 2.24) is 4.31 Å². The molecule has 1 fully saturated rings. The van der Waals surface area contributed by atoms with E-state index in [-0.39, 0.29) is 35.2 Å². The van der Waals surface area contributed by atoms with Gasteiger partial charge in [-0.05, 0) is 55.2 Å². The van der Waals surface area contributed by atoms with Gasteiger partial charge in [-0.3, -0.25) is 4.79 Å². The van der Waals surface area contributed by atoms with E-state index in [2.05, 4.69) is 0 Å². The standard InChI is InChI=1S/C23H28N2O6S/c1-16-6-8-20(30-3)22-18(16)5-4-10-25(22)23(26)17-7-9-19(29-2)21(15-17)32(27,28)24-11-13-31-14-12-24/h6-9,15H,4-5,10-14H2,1-3H3. The summed E-state index contributed by atoms with van der Waals surface area (Å²) < 4.78 is 44.1. The molecule has 2 aliphatic rings. The lowest BCUT2D eigenvalue weighted by molar-refractivity contribution is 0.0729. The lowest BCUT2D eigenvalue weighted by Crippen LogP contribution is -2.41. The molecule has 4 rings (SSSR count). The minimum atomic E-state index is -3.84. The van der Waals surface area contributed by atoms with Crippen LogP contribution < -0.4 is 14.4 Å². The van der Waals surface area contributed by atoms with Crippen LogP contribution in [0.4, 0.5) is 5.69 Å². The van der Waals surface area contributed by atoms with Crippen molar-refractivity contribution in [1.29, 1.82) is 0 Å². The highest BCUT2D eigenvalue weighted by Gasteiger charge is 2.32. The molecule has 0 saturated carbocycles. The second-order valence-corrected chi connectivity index (χ2v) is 9.76. The van der Waals surface area contributed by atoms with E-state index in [9.17, 15) is 13.2 Å². The Labute approximate surface area is 188 Å². The van der Waals surface area contributed by atoms with Gasteiger partial charge in [-0.25, -0.2) is 8.42 Å². The van der Waals surface area contributed by atoms with Crippen LogP contribution in [0.15, 0.2) is 35.2 Å². The number of rotatable bonds is 5. The number of aryl methyl sites for hydroxylation is 1. The summed E-state index contributed by atoms with van der Waals surface area (Å²) >= 11 is 0. The van der Waals surface area contributed by atoms with Gasteiger partial charge in [0.05, 0.1) is 33.1 Å². The predicted octanol–water partition coefficient (Wildman–Crippen LogP) is 2.63. The van der Waals surface area contributed by atoms with E-state index in [0.717, 1.165) is 29.7 Å². The summed E-state index contributed by atoms with van der Waals surface area (Å²) in [4.78, 5) is 15.3. The van der Waals surface area contributed by atoms with Crippen LogP contribution in [0.3, 0.4) is 0 Å². The van der Waals surface area contributed by atoms with E-state index in [0.29, 0.717) is 25.5 Å². The molecule has 0 N–H and O–H groups in total. The third-order valence-corrected chi connectivity index (χ3v) is 7.94. The van der Waals surface area contributed by atoms with Crippen molar-refractivity contribution in [3.8, 4) is 11.5 Å². The fraction of sp³-hybridized carbons (Fsp3) is 0.435. The molecule has 2 heterocycles. The second-order valence-electron chi connectivity index (χ2n) is 7.85. The van der Waals surface area contributed by atoms with Crippen LogP contribution in [0.5, 0.6) is 11.5 Å². The summed E-state index contributed by atoms with van der Waals surface area (Å²) in [6.45, 7) is 3.75. The van der Waals surface area contributed by atoms with E-state index in [1.165, 1.54) is 17.5 Å². The number of fused-ring (bicyclic) bond motifs is 1. The first-order valence-corrected chi connectivity index (χ1v) is 12.1. The highest BCUT2D eigenvalue weighted by Crippen LogP contribution is 2.39. The van der Waals surface area contributed by atoms with Crippen LogP contribution in [-0.2, 0) is 21.2 Å². The van der Waals surface area contributed by atoms with Crippen LogP contribution in [0, 0.1) is 6.92 Å². The van der Waals surface area contributed by atoms with Gasteiger partial charge in [0.25, 0.3) is 5.91 Å². The molecule has 0 bridgehead atoms. The summed E-state index contributed by atoms with van der Waals surface area (Å²) in [5.41, 5.74) is 3.23. The maximum absolute atomic E-state index is 13.6. The van der Waals surface area contributed by atoms with Crippen molar-refractivity contribution < 1.29 is 27.4 Å². The molecule has 32 heavy (non-hydrogen) atoms. The Hall–Kier alpha value is -2.62. The Kier molecular flexibility index (Phi) is 6.41. The van der Waals surface area contributed by atoms with Gasteiger partial charge in [-0.2, -0.15) is 4.31 Å². The molecule has 9 heteroatoms. The van der Waals surface area contributed by atoms with Gasteiger partial charge in [0.1, 0.15) is 16.4 Å². The van der Waals surface area contributed by atoms with Crippen LogP contribution in [0.1, 0.15) is 27.9 Å². The number of benzene rings is 2. The molecule has 8 nitrogen and oxygen atoms in total. The lowest BCUT2D eigenvalue weighted by atomic mass is 9.95. The van der Waals surface area contributed by atoms with E-state index in [4.69, 9.17) is 14.2 Å². The minimum absolute atomic E-state index is 0.0128. The fourth-order valence-corrected chi connectivity index (χ4v) is 5.90. The molecule has 0 aromatic heterocycles. The predicted molar refractivity (Wildman–Crippen MR) is 120 cm³/mol. The van der Waals surface area contributed by atoms with Crippen molar-refractivity contribution in [2.45, 2.75) is 24.7 Å². The number of sulfonamides is 1. The van der Waals surface area contributed by atoms with Crippen LogP contribution in [0.25, 0.3) is 0 Å². The average molecular weight is 461 g/mol. The Bertz CT molecular complexity index is 1130. The smallest absolute Gasteiger partial charge is 0.258 e. The maximum atomic E-state index is 13.6. The van der Waals surface area contributed by atoms with E-state index < -0.39 is 10.0 Å². The van der Waals surface area contributed by atoms with Crippen LogP contribution >= 0.6 is 0 Å². The zero-order valence-corrected chi connectivity index (χ0v) is 19.4. The maximum Gasteiger partial charge on any atom is 0.258 e. The quantitative estimate of drug-likeness (QED) is 0.682. The monoisotopic (exact) mass is 460 g/mol. The van der Waals surface area contributed by atoms with E-state index in [1.54, 1.807) is 24.1 Å². The topological polar surface area (TPSA) is 85.4 Å². The van der Waals surface area contributed by atoms with Gasteiger partial charge in [0.15, 0.2) is 0 Å². The Balaban J connectivity index is 1.76. The van der Waals surface area contributed by atoms with Crippen molar-refractivity contribution in [3.05, 3.63) is 47.0 Å². The highest BCUT2D eigenvalue weighted by molar-refractivity contribution is 7.89. The second kappa shape index (κ2) is 9.09. The number of anilines is 1. The zero-order chi connectivity index (χ0) is 22.9. The van der Waals surface area contributed by atoms with E-state index >= 15 is 0 Å². The molecule has 2 aromatic rings. The molecule has 0 aliphatic carbocycles. The van der Waals surface area contributed by atoms with Crippen molar-refractivity contribution in [3.63, 3.8) is 0 Å². The fourth-order valence-electron chi connectivity index (χ4n) is 4.31. The van der Waals surface area contributed by atoms with Gasteiger partial charge >= 0.3 is 0 Å². The third-order valence-electron chi connectivity index (χ3n) is 6.02. The SMILES string of the molecule is COc1ccc(C(=O)N2CCCc3c(C)ccc(OC)c32)cc1S(=O)(=O)N1CCOCC1. The number of carbonyl (C=O) groups is 1. The Morgan fingerprint density at radius 2 is 1.69 bits per heavy atom. The molecule has 2 aromatic carbocycles. The van der Waals surface area contributed by atoms with Crippen molar-refractivity contribution >= 4 is 21.6 Å².